The maximum Gasteiger partial charge on any atom is 0.202 e. The zero-order chi connectivity index (χ0) is 14.5. The number of H-pyrrole nitrogens is 1. The molecule has 2 rings (SSSR count). The molecule has 1 atom stereocenters. The molecule has 0 radical (unpaired) electrons. The molecule has 3 heteroatoms. The third kappa shape index (κ3) is 3.35. The van der Waals surface area contributed by atoms with Crippen molar-refractivity contribution < 1.29 is 4.79 Å². The minimum atomic E-state index is 0.0506. The highest BCUT2D eigenvalue weighted by Crippen LogP contribution is 2.20. The number of hydrogen-bond donors (Lipinski definition) is 1. The second kappa shape index (κ2) is 6.51. The van der Waals surface area contributed by atoms with Gasteiger partial charge in [0.05, 0.1) is 0 Å². The number of carbonyl (C=O) groups excluding carboxylic acids is 1. The van der Waals surface area contributed by atoms with Crippen LogP contribution in [0.5, 0.6) is 0 Å². The third-order valence-electron chi connectivity index (χ3n) is 3.87. The van der Waals surface area contributed by atoms with E-state index in [4.69, 9.17) is 0 Å². The molecule has 0 aliphatic carbocycles. The van der Waals surface area contributed by atoms with Gasteiger partial charge in [0.1, 0.15) is 0 Å². The zero-order valence-electron chi connectivity index (χ0n) is 12.4. The number of nitrogens with zero attached hydrogens (tertiary/aromatic N) is 1. The van der Waals surface area contributed by atoms with Crippen LogP contribution in [0.1, 0.15) is 47.6 Å². The Kier molecular flexibility index (Phi) is 4.72. The van der Waals surface area contributed by atoms with Gasteiger partial charge in [-0.15, -0.1) is 0 Å². The summed E-state index contributed by atoms with van der Waals surface area (Å²) in [5.41, 5.74) is 3.64. The highest BCUT2D eigenvalue weighted by atomic mass is 16.1. The van der Waals surface area contributed by atoms with Crippen molar-refractivity contribution in [3.8, 4) is 0 Å². The number of carbonyl (C=O) groups is 1. The maximum atomic E-state index is 12.2. The molecule has 1 heterocycles. The topological polar surface area (TPSA) is 45.8 Å². The highest BCUT2D eigenvalue weighted by molar-refractivity contribution is 5.94. The number of aryl methyl sites for hydroxylation is 1. The quantitative estimate of drug-likeness (QED) is 0.813. The number of Topliss-reactive ketones (excluding diaryl/α,β-unsaturated/α-hetero) is 1. The van der Waals surface area contributed by atoms with Crippen LogP contribution in [-0.4, -0.2) is 15.8 Å². The monoisotopic (exact) mass is 270 g/mol. The molecule has 0 fully saturated rings. The summed E-state index contributed by atoms with van der Waals surface area (Å²) in [4.78, 5) is 19.2. The summed E-state index contributed by atoms with van der Waals surface area (Å²) in [6.45, 7) is 6.53. The van der Waals surface area contributed by atoms with E-state index in [-0.39, 0.29) is 5.78 Å². The average molecular weight is 270 g/mol. The van der Waals surface area contributed by atoms with Crippen molar-refractivity contribution in [2.24, 2.45) is 5.92 Å². The summed E-state index contributed by atoms with van der Waals surface area (Å²) in [5.74, 6) is 1.13. The molecule has 1 unspecified atom stereocenters. The van der Waals surface area contributed by atoms with Gasteiger partial charge in [0, 0.05) is 18.8 Å². The number of aromatic amines is 1. The molecule has 0 saturated heterocycles. The van der Waals surface area contributed by atoms with Crippen molar-refractivity contribution in [3.63, 3.8) is 0 Å². The molecular weight excluding hydrogens is 248 g/mol. The summed E-state index contributed by atoms with van der Waals surface area (Å²) in [5, 5.41) is 0. The van der Waals surface area contributed by atoms with E-state index in [0.29, 0.717) is 18.2 Å². The zero-order valence-corrected chi connectivity index (χ0v) is 12.4. The van der Waals surface area contributed by atoms with E-state index >= 15 is 0 Å². The highest BCUT2D eigenvalue weighted by Gasteiger charge is 2.15. The first-order valence-corrected chi connectivity index (χ1v) is 7.21. The molecule has 106 valence electrons. The van der Waals surface area contributed by atoms with Crippen LogP contribution < -0.4 is 0 Å². The standard InChI is InChI=1S/C17H22N2O/c1-4-12(2)10-14-7-5-6-13(3)15(14)11-16(20)17-18-8-9-19-17/h5-9,12H,4,10-11H2,1-3H3,(H,18,19). The predicted molar refractivity (Wildman–Crippen MR) is 81.0 cm³/mol. The Bertz CT molecular complexity index is 573. The lowest BCUT2D eigenvalue weighted by atomic mass is 9.90. The number of nitrogens with one attached hydrogen (secondary N) is 1. The van der Waals surface area contributed by atoms with Crippen LogP contribution in [0.15, 0.2) is 30.6 Å². The van der Waals surface area contributed by atoms with E-state index in [1.165, 1.54) is 11.1 Å². The van der Waals surface area contributed by atoms with Crippen LogP contribution in [0.4, 0.5) is 0 Å². The van der Waals surface area contributed by atoms with E-state index in [1.54, 1.807) is 12.4 Å². The first-order valence-electron chi connectivity index (χ1n) is 7.21. The number of hydrogen-bond acceptors (Lipinski definition) is 2. The number of imidazole rings is 1. The van der Waals surface area contributed by atoms with Crippen LogP contribution in [0.3, 0.4) is 0 Å². The number of ketones is 1. The van der Waals surface area contributed by atoms with Gasteiger partial charge in [0.2, 0.25) is 5.78 Å². The van der Waals surface area contributed by atoms with E-state index in [9.17, 15) is 4.79 Å². The van der Waals surface area contributed by atoms with Crippen molar-refractivity contribution in [2.45, 2.75) is 40.0 Å². The van der Waals surface area contributed by atoms with E-state index in [1.807, 2.05) is 0 Å². The fourth-order valence-electron chi connectivity index (χ4n) is 2.39. The Morgan fingerprint density at radius 3 is 2.85 bits per heavy atom. The first-order chi connectivity index (χ1) is 9.61. The minimum absolute atomic E-state index is 0.0506. The minimum Gasteiger partial charge on any atom is -0.342 e. The smallest absolute Gasteiger partial charge is 0.202 e. The molecule has 0 saturated carbocycles. The lowest BCUT2D eigenvalue weighted by molar-refractivity contribution is 0.0983. The Morgan fingerprint density at radius 2 is 2.20 bits per heavy atom. The van der Waals surface area contributed by atoms with Gasteiger partial charge in [-0.3, -0.25) is 4.79 Å². The van der Waals surface area contributed by atoms with Gasteiger partial charge in [-0.05, 0) is 36.0 Å². The molecule has 20 heavy (non-hydrogen) atoms. The molecule has 0 aliphatic heterocycles. The van der Waals surface area contributed by atoms with Gasteiger partial charge in [0.15, 0.2) is 5.82 Å². The van der Waals surface area contributed by atoms with E-state index in [0.717, 1.165) is 18.4 Å². The normalized spacial score (nSPS) is 12.3. The lowest BCUT2D eigenvalue weighted by Gasteiger charge is -2.15. The largest absolute Gasteiger partial charge is 0.342 e. The van der Waals surface area contributed by atoms with Crippen LogP contribution in [0, 0.1) is 12.8 Å². The molecule has 0 aliphatic rings. The summed E-state index contributed by atoms with van der Waals surface area (Å²) in [6.07, 6.45) is 5.90. The summed E-state index contributed by atoms with van der Waals surface area (Å²) >= 11 is 0. The molecule has 1 N–H and O–H groups in total. The molecule has 2 aromatic rings. The molecule has 0 amide bonds. The van der Waals surface area contributed by atoms with Crippen LogP contribution >= 0.6 is 0 Å². The van der Waals surface area contributed by atoms with Gasteiger partial charge in [-0.1, -0.05) is 38.5 Å². The van der Waals surface area contributed by atoms with Crippen LogP contribution in [0.2, 0.25) is 0 Å². The molecular formula is C17H22N2O. The van der Waals surface area contributed by atoms with Gasteiger partial charge in [0.25, 0.3) is 0 Å². The molecule has 1 aromatic heterocycles. The van der Waals surface area contributed by atoms with Crippen molar-refractivity contribution >= 4 is 5.78 Å². The SMILES string of the molecule is CCC(C)Cc1cccc(C)c1CC(=O)c1ncc[nH]1. The summed E-state index contributed by atoms with van der Waals surface area (Å²) in [7, 11) is 0. The fraction of sp³-hybridized carbons (Fsp3) is 0.412. The maximum absolute atomic E-state index is 12.2. The van der Waals surface area contributed by atoms with E-state index in [2.05, 4.69) is 48.9 Å². The number of benzene rings is 1. The van der Waals surface area contributed by atoms with Gasteiger partial charge in [-0.2, -0.15) is 0 Å². The molecule has 0 bridgehead atoms. The van der Waals surface area contributed by atoms with Gasteiger partial charge < -0.3 is 4.98 Å². The lowest BCUT2D eigenvalue weighted by Crippen LogP contribution is -2.11. The van der Waals surface area contributed by atoms with Gasteiger partial charge in [-0.25, -0.2) is 4.98 Å². The Labute approximate surface area is 120 Å². The number of rotatable bonds is 6. The molecule has 3 nitrogen and oxygen atoms in total. The van der Waals surface area contributed by atoms with Crippen molar-refractivity contribution in [2.75, 3.05) is 0 Å². The van der Waals surface area contributed by atoms with Crippen molar-refractivity contribution in [1.82, 2.24) is 9.97 Å². The summed E-state index contributed by atoms with van der Waals surface area (Å²) < 4.78 is 0. The van der Waals surface area contributed by atoms with E-state index < -0.39 is 0 Å². The fourth-order valence-corrected chi connectivity index (χ4v) is 2.39. The predicted octanol–water partition coefficient (Wildman–Crippen LogP) is 3.73. The number of aromatic nitrogens is 2. The van der Waals surface area contributed by atoms with Crippen LogP contribution in [-0.2, 0) is 12.8 Å². The molecule has 0 spiro atoms. The Hall–Kier alpha value is -1.90. The Morgan fingerprint density at radius 1 is 1.40 bits per heavy atom. The van der Waals surface area contributed by atoms with Crippen molar-refractivity contribution in [3.05, 3.63) is 53.1 Å². The third-order valence-corrected chi connectivity index (χ3v) is 3.87. The first kappa shape index (κ1) is 14.5. The van der Waals surface area contributed by atoms with Gasteiger partial charge >= 0.3 is 0 Å². The second-order valence-corrected chi connectivity index (χ2v) is 5.47. The van der Waals surface area contributed by atoms with Crippen molar-refractivity contribution in [1.29, 1.82) is 0 Å². The summed E-state index contributed by atoms with van der Waals surface area (Å²) in [6, 6.07) is 6.29. The molecule has 1 aromatic carbocycles. The van der Waals surface area contributed by atoms with Crippen LogP contribution in [0.25, 0.3) is 0 Å². The second-order valence-electron chi connectivity index (χ2n) is 5.47. The Balaban J connectivity index is 2.23. The average Bonchev–Trinajstić information content (AvgIpc) is 2.96.